The fourth-order valence-electron chi connectivity index (χ4n) is 3.02. The molecule has 1 aromatic heterocycles. The molecule has 1 aliphatic carbocycles. The van der Waals surface area contributed by atoms with E-state index in [4.69, 9.17) is 4.74 Å². The van der Waals surface area contributed by atoms with Gasteiger partial charge in [0.2, 0.25) is 0 Å². The Bertz CT molecular complexity index is 626. The zero-order valence-electron chi connectivity index (χ0n) is 13.1. The summed E-state index contributed by atoms with van der Waals surface area (Å²) in [5.41, 5.74) is 3.52. The normalized spacial score (nSPS) is 24.2. The first-order chi connectivity index (χ1) is 10.7. The van der Waals surface area contributed by atoms with Gasteiger partial charge in [-0.1, -0.05) is 24.3 Å². The molecule has 118 valence electrons. The van der Waals surface area contributed by atoms with Crippen LogP contribution in [-0.2, 0) is 17.9 Å². The van der Waals surface area contributed by atoms with Crippen molar-refractivity contribution in [2.45, 2.75) is 44.7 Å². The number of hydrogen-bond donors (Lipinski definition) is 2. The number of aliphatic hydroxyl groups is 1. The van der Waals surface area contributed by atoms with Gasteiger partial charge < -0.3 is 15.2 Å². The highest BCUT2D eigenvalue weighted by Crippen LogP contribution is 2.32. The Kier molecular flexibility index (Phi) is 4.57. The minimum absolute atomic E-state index is 0.0239. The Morgan fingerprint density at radius 2 is 2.23 bits per heavy atom. The number of benzene rings is 1. The van der Waals surface area contributed by atoms with E-state index in [1.165, 1.54) is 11.1 Å². The Morgan fingerprint density at radius 1 is 1.41 bits per heavy atom. The van der Waals surface area contributed by atoms with Crippen molar-refractivity contribution < 1.29 is 9.84 Å². The van der Waals surface area contributed by atoms with Crippen LogP contribution in [0.1, 0.15) is 29.2 Å². The van der Waals surface area contributed by atoms with Crippen LogP contribution in [0.25, 0.3) is 0 Å². The minimum atomic E-state index is -0.323. The zero-order valence-corrected chi connectivity index (χ0v) is 13.1. The molecule has 1 heterocycles. The molecule has 0 amide bonds. The number of aryl methyl sites for hydroxylation is 1. The van der Waals surface area contributed by atoms with Gasteiger partial charge >= 0.3 is 0 Å². The number of aromatic nitrogens is 2. The van der Waals surface area contributed by atoms with Crippen LogP contribution in [0.4, 0.5) is 0 Å². The van der Waals surface area contributed by atoms with E-state index in [0.29, 0.717) is 6.61 Å². The molecule has 2 N–H and O–H groups in total. The molecule has 5 heteroatoms. The lowest BCUT2D eigenvalue weighted by molar-refractivity contribution is -0.00824. The fraction of sp³-hybridized carbons (Fsp3) is 0.471. The Labute approximate surface area is 130 Å². The summed E-state index contributed by atoms with van der Waals surface area (Å²) in [6.45, 7) is 3.43. The monoisotopic (exact) mass is 301 g/mol. The van der Waals surface area contributed by atoms with Gasteiger partial charge in [0.15, 0.2) is 0 Å². The van der Waals surface area contributed by atoms with Gasteiger partial charge in [0.25, 0.3) is 0 Å². The maximum absolute atomic E-state index is 10.0. The molecule has 1 saturated carbocycles. The summed E-state index contributed by atoms with van der Waals surface area (Å²) in [5.74, 6) is 0. The van der Waals surface area contributed by atoms with E-state index in [2.05, 4.69) is 34.7 Å². The van der Waals surface area contributed by atoms with Crippen LogP contribution in [0.15, 0.2) is 36.7 Å². The van der Waals surface area contributed by atoms with Gasteiger partial charge in [0.1, 0.15) is 0 Å². The van der Waals surface area contributed by atoms with Crippen LogP contribution in [0.5, 0.6) is 0 Å². The van der Waals surface area contributed by atoms with Gasteiger partial charge in [0, 0.05) is 25.9 Å². The predicted molar refractivity (Wildman–Crippen MR) is 84.4 cm³/mol. The van der Waals surface area contributed by atoms with E-state index < -0.39 is 0 Å². The maximum Gasteiger partial charge on any atom is 0.0932 e. The number of methoxy groups -OCH3 is 1. The van der Waals surface area contributed by atoms with Crippen molar-refractivity contribution in [3.63, 3.8) is 0 Å². The first kappa shape index (κ1) is 15.2. The van der Waals surface area contributed by atoms with E-state index in [1.807, 2.05) is 24.0 Å². The molecular weight excluding hydrogens is 278 g/mol. The molecule has 0 unspecified atom stereocenters. The highest BCUT2D eigenvalue weighted by Gasteiger charge is 2.41. The SMILES string of the molecule is COCc1cccc(CN[C@H]2C[C@@H](O)[C@@H]2n2cc(C)cn2)c1. The number of aliphatic hydroxyl groups excluding tert-OH is 1. The molecule has 3 rings (SSSR count). The van der Waals surface area contributed by atoms with Gasteiger partial charge in [-0.05, 0) is 30.0 Å². The molecule has 0 radical (unpaired) electrons. The molecule has 1 aliphatic rings. The summed E-state index contributed by atoms with van der Waals surface area (Å²) in [5, 5.41) is 17.9. The molecule has 1 fully saturated rings. The van der Waals surface area contributed by atoms with Crippen LogP contribution in [-0.4, -0.2) is 34.1 Å². The third-order valence-corrected chi connectivity index (χ3v) is 4.21. The minimum Gasteiger partial charge on any atom is -0.391 e. The van der Waals surface area contributed by atoms with Crippen molar-refractivity contribution in [3.8, 4) is 0 Å². The number of nitrogens with zero attached hydrogens (tertiary/aromatic N) is 2. The second kappa shape index (κ2) is 6.60. The summed E-state index contributed by atoms with van der Waals surface area (Å²) in [7, 11) is 1.71. The second-order valence-electron chi connectivity index (χ2n) is 6.03. The molecule has 0 aliphatic heterocycles. The van der Waals surface area contributed by atoms with E-state index in [0.717, 1.165) is 18.5 Å². The van der Waals surface area contributed by atoms with Gasteiger partial charge in [0.05, 0.1) is 24.9 Å². The lowest BCUT2D eigenvalue weighted by atomic mass is 9.83. The molecule has 5 nitrogen and oxygen atoms in total. The zero-order chi connectivity index (χ0) is 15.5. The van der Waals surface area contributed by atoms with E-state index >= 15 is 0 Å². The van der Waals surface area contributed by atoms with E-state index in [1.54, 1.807) is 7.11 Å². The lowest BCUT2D eigenvalue weighted by Crippen LogP contribution is -2.54. The number of nitrogens with one attached hydrogen (secondary N) is 1. The Hall–Kier alpha value is -1.69. The number of ether oxygens (including phenoxy) is 1. The van der Waals surface area contributed by atoms with E-state index in [-0.39, 0.29) is 18.2 Å². The van der Waals surface area contributed by atoms with Gasteiger partial charge in [-0.2, -0.15) is 5.10 Å². The van der Waals surface area contributed by atoms with Crippen LogP contribution in [0.2, 0.25) is 0 Å². The molecule has 0 saturated heterocycles. The van der Waals surface area contributed by atoms with Crippen molar-refractivity contribution in [3.05, 3.63) is 53.3 Å². The van der Waals surface area contributed by atoms with Gasteiger partial charge in [-0.3, -0.25) is 4.68 Å². The average molecular weight is 301 g/mol. The van der Waals surface area contributed by atoms with Gasteiger partial charge in [-0.15, -0.1) is 0 Å². The first-order valence-electron chi connectivity index (χ1n) is 7.66. The van der Waals surface area contributed by atoms with Crippen molar-refractivity contribution >= 4 is 0 Å². The van der Waals surface area contributed by atoms with Crippen LogP contribution in [0, 0.1) is 6.92 Å². The number of hydrogen-bond acceptors (Lipinski definition) is 4. The maximum atomic E-state index is 10.0. The van der Waals surface area contributed by atoms with Gasteiger partial charge in [-0.25, -0.2) is 0 Å². The van der Waals surface area contributed by atoms with Crippen LogP contribution < -0.4 is 5.32 Å². The lowest BCUT2D eigenvalue weighted by Gasteiger charge is -2.42. The summed E-state index contributed by atoms with van der Waals surface area (Å²) in [6, 6.07) is 8.65. The largest absolute Gasteiger partial charge is 0.391 e. The molecule has 2 aromatic rings. The first-order valence-corrected chi connectivity index (χ1v) is 7.66. The average Bonchev–Trinajstić information content (AvgIpc) is 2.89. The van der Waals surface area contributed by atoms with Crippen molar-refractivity contribution in [1.29, 1.82) is 0 Å². The standard InChI is InChI=1S/C17H23N3O2/c1-12-8-19-20(10-12)17-15(7-16(17)21)18-9-13-4-3-5-14(6-13)11-22-2/h3-6,8,10,15-18,21H,7,9,11H2,1-2H3/t15-,16+,17+/m0/s1. The second-order valence-corrected chi connectivity index (χ2v) is 6.03. The third kappa shape index (κ3) is 3.21. The number of rotatable bonds is 6. The molecule has 0 bridgehead atoms. The van der Waals surface area contributed by atoms with Crippen molar-refractivity contribution in [2.24, 2.45) is 0 Å². The highest BCUT2D eigenvalue weighted by atomic mass is 16.5. The van der Waals surface area contributed by atoms with Crippen molar-refractivity contribution in [1.82, 2.24) is 15.1 Å². The predicted octanol–water partition coefficient (Wildman–Crippen LogP) is 1.80. The van der Waals surface area contributed by atoms with E-state index in [9.17, 15) is 5.11 Å². The van der Waals surface area contributed by atoms with Crippen LogP contribution >= 0.6 is 0 Å². The quantitative estimate of drug-likeness (QED) is 0.854. The fourth-order valence-corrected chi connectivity index (χ4v) is 3.02. The van der Waals surface area contributed by atoms with Crippen LogP contribution in [0.3, 0.4) is 0 Å². The molecule has 22 heavy (non-hydrogen) atoms. The molecule has 1 aromatic carbocycles. The Balaban J connectivity index is 1.60. The highest BCUT2D eigenvalue weighted by molar-refractivity contribution is 5.23. The molecule has 3 atom stereocenters. The molecule has 0 spiro atoms. The molecular formula is C17H23N3O2. The summed E-state index contributed by atoms with van der Waals surface area (Å²) < 4.78 is 7.04. The summed E-state index contributed by atoms with van der Waals surface area (Å²) in [4.78, 5) is 0. The van der Waals surface area contributed by atoms with Crippen molar-refractivity contribution in [2.75, 3.05) is 7.11 Å². The summed E-state index contributed by atoms with van der Waals surface area (Å²) in [6.07, 6.45) is 4.26. The third-order valence-electron chi connectivity index (χ3n) is 4.21. The smallest absolute Gasteiger partial charge is 0.0932 e. The Morgan fingerprint density at radius 3 is 2.91 bits per heavy atom. The summed E-state index contributed by atoms with van der Waals surface area (Å²) >= 11 is 0. The topological polar surface area (TPSA) is 59.3 Å².